The van der Waals surface area contributed by atoms with Gasteiger partial charge >= 0.3 is 0 Å². The van der Waals surface area contributed by atoms with E-state index in [0.717, 1.165) is 11.5 Å². The Labute approximate surface area is 202 Å². The molecule has 14 radical (unpaired) electrons. The molecule has 33 heavy (non-hydrogen) atoms. The van der Waals surface area contributed by atoms with Gasteiger partial charge in [0.25, 0.3) is 0 Å². The topological polar surface area (TPSA) is 103 Å². The summed E-state index contributed by atoms with van der Waals surface area (Å²) in [6.45, 7) is 4.00. The van der Waals surface area contributed by atoms with Crippen LogP contribution in [0.2, 0.25) is 15.6 Å². The van der Waals surface area contributed by atoms with Crippen molar-refractivity contribution in [2.24, 2.45) is 5.92 Å². The largest absolute Gasteiger partial charge is 0.400 e. The van der Waals surface area contributed by atoms with E-state index in [1.807, 2.05) is 26.0 Å². The lowest BCUT2D eigenvalue weighted by atomic mass is 9.20. The lowest BCUT2D eigenvalue weighted by molar-refractivity contribution is 0.0943. The number of aromatic nitrogens is 5. The summed E-state index contributed by atoms with van der Waals surface area (Å²) in [6.07, 6.45) is 7.22. The first-order valence-corrected chi connectivity index (χ1v) is 10.1. The lowest BCUT2D eigenvalue weighted by Crippen LogP contribution is -2.49. The van der Waals surface area contributed by atoms with E-state index >= 15 is 0 Å². The fraction of sp³-hybridized carbons (Fsp3) is 0.368. The highest BCUT2D eigenvalue weighted by atomic mass is 16.3. The molecule has 3 aromatic heterocycles. The highest BCUT2D eigenvalue weighted by molar-refractivity contribution is 6.65. The van der Waals surface area contributed by atoms with Crippen molar-refractivity contribution in [3.05, 3.63) is 37.1 Å². The molecule has 14 heteroatoms. The summed E-state index contributed by atoms with van der Waals surface area (Å²) < 4.78 is 1.26. The molecule has 0 amide bonds. The molecule has 0 aromatic carbocycles. The van der Waals surface area contributed by atoms with Crippen molar-refractivity contribution in [3.63, 3.8) is 0 Å². The molecule has 0 saturated heterocycles. The monoisotopic (exact) mass is 420 g/mol. The molecule has 2 unspecified atom stereocenters. The van der Waals surface area contributed by atoms with Gasteiger partial charge in [-0.25, -0.2) is 14.6 Å². The number of hydrogen-bond acceptors (Lipinski definition) is 5. The minimum Gasteiger partial charge on any atom is -0.400 e. The molecule has 0 bridgehead atoms. The van der Waals surface area contributed by atoms with E-state index in [0.29, 0.717) is 16.9 Å². The fourth-order valence-corrected chi connectivity index (χ4v) is 4.04. The van der Waals surface area contributed by atoms with E-state index in [9.17, 15) is 10.4 Å². The number of nitrogens with one attached hydrogen (secondary N) is 1. The van der Waals surface area contributed by atoms with Crippen LogP contribution in [0.25, 0.3) is 28.0 Å². The molecular formula is C19H15B7N6O. The Morgan fingerprint density at radius 2 is 1.82 bits per heavy atom. The Hall–Kier alpha value is -2.53. The van der Waals surface area contributed by atoms with Gasteiger partial charge in [-0.3, -0.25) is 0 Å². The summed E-state index contributed by atoms with van der Waals surface area (Å²) in [7, 11) is 42.5. The van der Waals surface area contributed by atoms with Gasteiger partial charge in [0.05, 0.1) is 70.7 Å². The highest BCUT2D eigenvalue weighted by Gasteiger charge is 2.67. The molecule has 1 aliphatic rings. The number of allylic oxidation sites excluding steroid dienone is 1. The van der Waals surface area contributed by atoms with Gasteiger partial charge in [-0.1, -0.05) is 24.3 Å². The highest BCUT2D eigenvalue weighted by Crippen LogP contribution is 2.74. The maximum Gasteiger partial charge on any atom is 0.141 e. The predicted octanol–water partition coefficient (Wildman–Crippen LogP) is 0.0586. The SMILES string of the molecule is CC.[B]C1([B])C(/C(=C/C#N)n2cc(-c3ncnc4[nH]ccc34)cn2)C([B])(O)C([B])([B])C1([B])[B]. The minimum atomic E-state index is -2.50. The molecular weight excluding hydrogens is 404 g/mol. The Bertz CT molecular complexity index is 1210. The van der Waals surface area contributed by atoms with Gasteiger partial charge in [0, 0.05) is 40.8 Å². The van der Waals surface area contributed by atoms with Crippen LogP contribution < -0.4 is 0 Å². The maximum atomic E-state index is 11.0. The number of hydrogen-bond donors (Lipinski definition) is 2. The molecule has 7 nitrogen and oxygen atoms in total. The Balaban J connectivity index is 0.00000149. The third kappa shape index (κ3) is 3.44. The molecule has 2 atom stereocenters. The van der Waals surface area contributed by atoms with Gasteiger partial charge in [0.15, 0.2) is 0 Å². The quantitative estimate of drug-likeness (QED) is 0.462. The number of fused-ring (bicyclic) bond motifs is 1. The van der Waals surface area contributed by atoms with E-state index in [2.05, 4.69) is 20.1 Å². The zero-order chi connectivity index (χ0) is 24.8. The molecule has 1 aliphatic carbocycles. The normalized spacial score (nSPS) is 25.2. The number of nitrogens with zero attached hydrogens (tertiary/aromatic N) is 5. The molecule has 3 heterocycles. The van der Waals surface area contributed by atoms with E-state index in [1.54, 1.807) is 12.4 Å². The van der Waals surface area contributed by atoms with E-state index in [4.69, 9.17) is 54.9 Å². The van der Waals surface area contributed by atoms with Gasteiger partial charge < -0.3 is 10.1 Å². The molecule has 4 rings (SSSR count). The van der Waals surface area contributed by atoms with Crippen LogP contribution in [0.15, 0.2) is 37.1 Å². The van der Waals surface area contributed by atoms with Gasteiger partial charge in [-0.05, 0) is 6.07 Å². The predicted molar refractivity (Wildman–Crippen MR) is 133 cm³/mol. The molecule has 148 valence electrons. The van der Waals surface area contributed by atoms with Crippen LogP contribution in [0, 0.1) is 17.2 Å². The van der Waals surface area contributed by atoms with Crippen molar-refractivity contribution >= 4 is 71.7 Å². The average molecular weight is 419 g/mol. The summed E-state index contributed by atoms with van der Waals surface area (Å²) in [5.41, 5.74) is -0.729. The Morgan fingerprint density at radius 1 is 1.15 bits per heavy atom. The summed E-state index contributed by atoms with van der Waals surface area (Å²) in [5.74, 6) is -1.48. The zero-order valence-electron chi connectivity index (χ0n) is 18.3. The molecule has 2 N–H and O–H groups in total. The van der Waals surface area contributed by atoms with Gasteiger partial charge in [-0.15, -0.1) is 5.21 Å². The summed E-state index contributed by atoms with van der Waals surface area (Å²) >= 11 is 0. The van der Waals surface area contributed by atoms with Crippen molar-refractivity contribution in [2.75, 3.05) is 0 Å². The van der Waals surface area contributed by atoms with Crippen LogP contribution in [0.5, 0.6) is 0 Å². The Morgan fingerprint density at radius 3 is 2.39 bits per heavy atom. The second-order valence-corrected chi connectivity index (χ2v) is 7.76. The minimum absolute atomic E-state index is 0.0128. The van der Waals surface area contributed by atoms with Crippen molar-refractivity contribution in [1.29, 1.82) is 5.26 Å². The van der Waals surface area contributed by atoms with Crippen LogP contribution >= 0.6 is 0 Å². The van der Waals surface area contributed by atoms with Crippen LogP contribution in [0.1, 0.15) is 13.8 Å². The van der Waals surface area contributed by atoms with Crippen molar-refractivity contribution < 1.29 is 5.11 Å². The average Bonchev–Trinajstić information content (AvgIpc) is 3.44. The Kier molecular flexibility index (Phi) is 6.36. The number of H-pyrrole nitrogens is 1. The van der Waals surface area contributed by atoms with Gasteiger partial charge in [-0.2, -0.15) is 10.4 Å². The zero-order valence-corrected chi connectivity index (χ0v) is 18.3. The number of nitriles is 1. The van der Waals surface area contributed by atoms with Crippen LogP contribution in [0.3, 0.4) is 0 Å². The first kappa shape index (κ1) is 25.1. The molecule has 0 spiro atoms. The number of aromatic amines is 1. The molecule has 1 fully saturated rings. The van der Waals surface area contributed by atoms with Crippen molar-refractivity contribution in [1.82, 2.24) is 24.7 Å². The summed E-state index contributed by atoms with van der Waals surface area (Å²) in [5, 5.41) is 18.8. The number of rotatable bonds is 3. The summed E-state index contributed by atoms with van der Waals surface area (Å²) in [4.78, 5) is 11.4. The fourth-order valence-electron chi connectivity index (χ4n) is 4.04. The van der Waals surface area contributed by atoms with Crippen LogP contribution in [0.4, 0.5) is 0 Å². The first-order chi connectivity index (χ1) is 15.4. The molecule has 1 saturated carbocycles. The third-order valence-corrected chi connectivity index (χ3v) is 5.96. The molecule has 0 aliphatic heterocycles. The van der Waals surface area contributed by atoms with Crippen molar-refractivity contribution in [3.8, 4) is 17.3 Å². The van der Waals surface area contributed by atoms with Crippen LogP contribution in [-0.4, -0.2) is 90.3 Å². The van der Waals surface area contributed by atoms with Gasteiger partial charge in [0.2, 0.25) is 0 Å². The first-order valence-electron chi connectivity index (χ1n) is 10.1. The van der Waals surface area contributed by atoms with Crippen LogP contribution in [-0.2, 0) is 0 Å². The standard InChI is InChI=1S/C17H9B7N6O.C2H6/c18-14(19)12(15(20,31)17(23,24)16(14,21)22)10(1-3-25)30-6-8(5-29-30)11-9-2-4-26-13(9)28-7-27-11;1-2/h1-2,4-7,12,31H,(H,26,27,28);1-2H3/b10-1-;. The summed E-state index contributed by atoms with van der Waals surface area (Å²) in [6, 6.07) is 3.66. The van der Waals surface area contributed by atoms with Gasteiger partial charge in [0.1, 0.15) is 19.8 Å². The maximum absolute atomic E-state index is 11.0. The second-order valence-electron chi connectivity index (χ2n) is 7.76. The number of aliphatic hydroxyl groups is 1. The molecule has 3 aromatic rings. The van der Waals surface area contributed by atoms with E-state index in [-0.39, 0.29) is 5.70 Å². The third-order valence-electron chi connectivity index (χ3n) is 5.96. The smallest absolute Gasteiger partial charge is 0.141 e. The van der Waals surface area contributed by atoms with Crippen molar-refractivity contribution in [2.45, 2.75) is 35.0 Å². The van der Waals surface area contributed by atoms with E-state index < -0.39 is 27.1 Å². The van der Waals surface area contributed by atoms with E-state index in [1.165, 1.54) is 17.2 Å². The second kappa shape index (κ2) is 8.36. The lowest BCUT2D eigenvalue weighted by Gasteiger charge is -2.50.